The summed E-state index contributed by atoms with van der Waals surface area (Å²) >= 11 is 1.37. The van der Waals surface area contributed by atoms with Crippen LogP contribution in [0.25, 0.3) is 10.2 Å². The normalized spacial score (nSPS) is 15.4. The van der Waals surface area contributed by atoms with Gasteiger partial charge < -0.3 is 10.2 Å². The van der Waals surface area contributed by atoms with Crippen LogP contribution in [0.2, 0.25) is 0 Å². The molecule has 0 amide bonds. The topological polar surface area (TPSA) is 48.1 Å². The van der Waals surface area contributed by atoms with Gasteiger partial charge in [-0.05, 0) is 25.0 Å². The van der Waals surface area contributed by atoms with Crippen molar-refractivity contribution in [2.45, 2.75) is 18.9 Å². The van der Waals surface area contributed by atoms with Crippen molar-refractivity contribution in [2.24, 2.45) is 0 Å². The summed E-state index contributed by atoms with van der Waals surface area (Å²) in [6, 6.07) is 4.14. The first-order chi connectivity index (χ1) is 13.3. The maximum absolute atomic E-state index is 13.8. The van der Waals surface area contributed by atoms with Gasteiger partial charge in [0.15, 0.2) is 34.1 Å². The van der Waals surface area contributed by atoms with Gasteiger partial charge in [0.2, 0.25) is 5.82 Å². The number of piperidine rings is 1. The molecule has 1 radical (unpaired) electrons. The van der Waals surface area contributed by atoms with Gasteiger partial charge in [0, 0.05) is 25.2 Å². The lowest BCUT2D eigenvalue weighted by molar-refractivity contribution is 0.355. The number of fused-ring (bicyclic) bond motifs is 1. The van der Waals surface area contributed by atoms with Gasteiger partial charge in [-0.25, -0.2) is 26.9 Å². The van der Waals surface area contributed by atoms with E-state index in [4.69, 9.17) is 0 Å². The summed E-state index contributed by atoms with van der Waals surface area (Å²) in [5.41, 5.74) is -0.293. The van der Waals surface area contributed by atoms with Crippen LogP contribution in [-0.4, -0.2) is 24.1 Å². The Balaban J connectivity index is 1.47. The lowest BCUT2D eigenvalue weighted by Gasteiger charge is -2.32. The van der Waals surface area contributed by atoms with E-state index < -0.39 is 40.8 Å². The lowest BCUT2D eigenvalue weighted by atomic mass is 10.0. The molecule has 0 bridgehead atoms. The average Bonchev–Trinajstić information content (AvgIpc) is 3.12. The Morgan fingerprint density at radius 1 is 0.964 bits per heavy atom. The number of halogens is 5. The summed E-state index contributed by atoms with van der Waals surface area (Å²) in [5.74, 6) is -9.94. The number of anilines is 2. The number of thiazole rings is 1. The Morgan fingerprint density at radius 2 is 1.57 bits per heavy atom. The van der Waals surface area contributed by atoms with Crippen molar-refractivity contribution in [3.05, 3.63) is 47.3 Å². The molecule has 0 saturated carbocycles. The van der Waals surface area contributed by atoms with Crippen molar-refractivity contribution in [3.8, 4) is 5.75 Å². The molecule has 1 aromatic heterocycles. The smallest absolute Gasteiger partial charge is 0.200 e. The summed E-state index contributed by atoms with van der Waals surface area (Å²) in [4.78, 5) is 6.44. The Hall–Kier alpha value is -2.62. The molecule has 28 heavy (non-hydrogen) atoms. The minimum absolute atomic E-state index is 0.103. The largest absolute Gasteiger partial charge is 0.377 e. The molecule has 3 aromatic rings. The maximum atomic E-state index is 13.8. The molecule has 0 spiro atoms. The molecule has 2 heterocycles. The second kappa shape index (κ2) is 7.08. The predicted octanol–water partition coefficient (Wildman–Crippen LogP) is 5.22. The Kier molecular flexibility index (Phi) is 4.74. The predicted molar refractivity (Wildman–Crippen MR) is 94.8 cm³/mol. The van der Waals surface area contributed by atoms with Crippen LogP contribution in [-0.2, 0) is 5.11 Å². The highest BCUT2D eigenvalue weighted by atomic mass is 32.1. The van der Waals surface area contributed by atoms with Crippen LogP contribution in [0.3, 0.4) is 0 Å². The molecule has 1 aliphatic heterocycles. The molecule has 0 aliphatic carbocycles. The molecule has 1 N–H and O–H groups in total. The highest BCUT2D eigenvalue weighted by molar-refractivity contribution is 7.22. The molecule has 0 unspecified atom stereocenters. The maximum Gasteiger partial charge on any atom is 0.200 e. The number of rotatable bonds is 3. The fraction of sp³-hybridized carbons (Fsp3) is 0.278. The molecule has 147 valence electrons. The first kappa shape index (κ1) is 18.7. The van der Waals surface area contributed by atoms with E-state index in [2.05, 4.69) is 10.3 Å². The third kappa shape index (κ3) is 3.21. The van der Waals surface area contributed by atoms with E-state index >= 15 is 0 Å². The van der Waals surface area contributed by atoms with E-state index in [-0.39, 0.29) is 5.75 Å². The van der Waals surface area contributed by atoms with Crippen LogP contribution >= 0.6 is 11.3 Å². The molecule has 2 aromatic carbocycles. The summed E-state index contributed by atoms with van der Waals surface area (Å²) in [6.45, 7) is 0.967. The highest BCUT2D eigenvalue weighted by Crippen LogP contribution is 2.34. The molecular formula is C18H13F5N3OS. The van der Waals surface area contributed by atoms with Gasteiger partial charge in [-0.3, -0.25) is 5.11 Å². The van der Waals surface area contributed by atoms with E-state index in [1.54, 1.807) is 6.07 Å². The third-order valence-corrected chi connectivity index (χ3v) is 5.75. The number of nitrogens with one attached hydrogen (secondary N) is 1. The number of nitrogens with zero attached hydrogens (tertiary/aromatic N) is 2. The van der Waals surface area contributed by atoms with E-state index in [0.29, 0.717) is 31.4 Å². The summed E-state index contributed by atoms with van der Waals surface area (Å²) in [5, 5.41) is 14.6. The molecular weight excluding hydrogens is 401 g/mol. The third-order valence-electron chi connectivity index (χ3n) is 4.67. The zero-order valence-corrected chi connectivity index (χ0v) is 15.1. The summed E-state index contributed by atoms with van der Waals surface area (Å²) < 4.78 is 68.2. The Morgan fingerprint density at radius 3 is 2.21 bits per heavy atom. The average molecular weight is 414 g/mol. The zero-order valence-electron chi connectivity index (χ0n) is 14.2. The molecule has 0 atom stereocenters. The van der Waals surface area contributed by atoms with Crippen molar-refractivity contribution >= 4 is 32.4 Å². The molecule has 1 fully saturated rings. The number of benzene rings is 2. The monoisotopic (exact) mass is 414 g/mol. The summed E-state index contributed by atoms with van der Waals surface area (Å²) in [6.07, 6.45) is 0.838. The number of aromatic nitrogens is 1. The van der Waals surface area contributed by atoms with Crippen LogP contribution in [0.5, 0.6) is 5.75 Å². The molecule has 1 saturated heterocycles. The van der Waals surface area contributed by atoms with Crippen LogP contribution < -0.4 is 10.2 Å². The highest BCUT2D eigenvalue weighted by Gasteiger charge is 2.29. The Labute approximate surface area is 160 Å². The van der Waals surface area contributed by atoms with Crippen LogP contribution in [0.4, 0.5) is 32.8 Å². The van der Waals surface area contributed by atoms with Crippen LogP contribution in [0, 0.1) is 29.1 Å². The fourth-order valence-electron chi connectivity index (χ4n) is 3.18. The molecule has 4 rings (SSSR count). The standard InChI is InChI=1S/C18H13F5N3OS/c19-12-13(20)15(22)17(16(23)14(12)21)24-8-3-5-26(6-4-8)18-25-10-2-1-9(27)7-11(10)28-18/h1-2,7-8,24H,3-6H2. The van der Waals surface area contributed by atoms with Crippen molar-refractivity contribution in [1.29, 1.82) is 0 Å². The lowest BCUT2D eigenvalue weighted by Crippen LogP contribution is -2.39. The first-order valence-electron chi connectivity index (χ1n) is 8.45. The van der Waals surface area contributed by atoms with Gasteiger partial charge in [-0.15, -0.1) is 0 Å². The first-order valence-corrected chi connectivity index (χ1v) is 9.27. The van der Waals surface area contributed by atoms with Crippen molar-refractivity contribution in [3.63, 3.8) is 0 Å². The van der Waals surface area contributed by atoms with Crippen molar-refractivity contribution < 1.29 is 27.1 Å². The Bertz CT molecular complexity index is 1020. The van der Waals surface area contributed by atoms with Crippen LogP contribution in [0.15, 0.2) is 18.2 Å². The minimum Gasteiger partial charge on any atom is -0.377 e. The van der Waals surface area contributed by atoms with E-state index in [0.717, 1.165) is 9.83 Å². The van der Waals surface area contributed by atoms with Gasteiger partial charge in [0.25, 0.3) is 0 Å². The van der Waals surface area contributed by atoms with Gasteiger partial charge in [-0.1, -0.05) is 11.3 Å². The van der Waals surface area contributed by atoms with Gasteiger partial charge in [0.05, 0.1) is 10.2 Å². The molecule has 1 aliphatic rings. The molecule has 4 nitrogen and oxygen atoms in total. The molecule has 10 heteroatoms. The van der Waals surface area contributed by atoms with E-state index in [1.165, 1.54) is 23.5 Å². The van der Waals surface area contributed by atoms with Gasteiger partial charge in [-0.2, -0.15) is 0 Å². The van der Waals surface area contributed by atoms with Gasteiger partial charge in [0.1, 0.15) is 5.69 Å². The minimum atomic E-state index is -2.17. The van der Waals surface area contributed by atoms with E-state index in [9.17, 15) is 27.1 Å². The van der Waals surface area contributed by atoms with Crippen LogP contribution in [0.1, 0.15) is 12.8 Å². The van der Waals surface area contributed by atoms with E-state index in [1.807, 2.05) is 4.90 Å². The number of hydrogen-bond acceptors (Lipinski definition) is 4. The SMILES string of the molecule is [O]c1ccc2nc(N3CCC(Nc4c(F)c(F)c(F)c(F)c4F)CC3)sc2c1. The summed E-state index contributed by atoms with van der Waals surface area (Å²) in [7, 11) is 0. The van der Waals surface area contributed by atoms with Crippen molar-refractivity contribution in [1.82, 2.24) is 4.98 Å². The fourth-order valence-corrected chi connectivity index (χ4v) is 4.22. The quantitative estimate of drug-likeness (QED) is 0.363. The second-order valence-electron chi connectivity index (χ2n) is 6.48. The zero-order chi connectivity index (χ0) is 20.0. The second-order valence-corrected chi connectivity index (χ2v) is 7.49. The number of hydrogen-bond donors (Lipinski definition) is 1. The van der Waals surface area contributed by atoms with Gasteiger partial charge >= 0.3 is 0 Å². The van der Waals surface area contributed by atoms with Crippen molar-refractivity contribution in [2.75, 3.05) is 23.3 Å².